The van der Waals surface area contributed by atoms with Crippen LogP contribution < -0.4 is 10.6 Å². The number of aliphatic carboxylic acids is 2. The molecular formula is C17H24F6N4O7S. The van der Waals surface area contributed by atoms with Gasteiger partial charge in [0.15, 0.2) is 0 Å². The number of nitrogens with one attached hydrogen (secondary N) is 1. The van der Waals surface area contributed by atoms with Crippen LogP contribution in [0.5, 0.6) is 0 Å². The lowest BCUT2D eigenvalue weighted by Crippen LogP contribution is -2.45. The minimum atomic E-state index is -5.08. The van der Waals surface area contributed by atoms with Gasteiger partial charge in [0.2, 0.25) is 0 Å². The van der Waals surface area contributed by atoms with Crippen molar-refractivity contribution >= 4 is 27.6 Å². The molecular weight excluding hydrogens is 518 g/mol. The number of nitrogen functional groups attached to an aromatic ring is 1. The van der Waals surface area contributed by atoms with E-state index in [2.05, 4.69) is 21.7 Å². The summed E-state index contributed by atoms with van der Waals surface area (Å²) < 4.78 is 87.4. The maximum atomic E-state index is 11.9. The molecule has 202 valence electrons. The van der Waals surface area contributed by atoms with E-state index in [-0.39, 0.29) is 4.90 Å². The number of likely N-dealkylation sites (N-methyl/N-ethyl adjacent to an activating group) is 1. The van der Waals surface area contributed by atoms with Gasteiger partial charge in [0.1, 0.15) is 0 Å². The van der Waals surface area contributed by atoms with Gasteiger partial charge in [0.25, 0.3) is 10.0 Å². The van der Waals surface area contributed by atoms with Crippen molar-refractivity contribution in [2.24, 2.45) is 0 Å². The van der Waals surface area contributed by atoms with Crippen molar-refractivity contribution in [1.82, 2.24) is 14.7 Å². The molecule has 0 saturated carbocycles. The molecule has 1 aliphatic rings. The Morgan fingerprint density at radius 3 is 1.74 bits per heavy atom. The second kappa shape index (κ2) is 14.0. The Balaban J connectivity index is 0.000000680. The van der Waals surface area contributed by atoms with E-state index >= 15 is 0 Å². The number of nitrogens with two attached hydrogens (primary N) is 1. The fraction of sp³-hybridized carbons (Fsp3) is 0.529. The highest BCUT2D eigenvalue weighted by atomic mass is 32.2. The first-order valence-electron chi connectivity index (χ1n) is 9.36. The maximum Gasteiger partial charge on any atom is 0.490 e. The topological polar surface area (TPSA) is 162 Å². The summed E-state index contributed by atoms with van der Waals surface area (Å²) in [7, 11) is -1.55. The van der Waals surface area contributed by atoms with E-state index in [0.717, 1.165) is 26.2 Å². The van der Waals surface area contributed by atoms with Crippen molar-refractivity contribution in [2.45, 2.75) is 17.2 Å². The summed E-state index contributed by atoms with van der Waals surface area (Å²) in [6.45, 7) is 5.03. The highest BCUT2D eigenvalue weighted by molar-refractivity contribution is 7.89. The molecule has 0 atom stereocenters. The normalized spacial score (nSPS) is 15.3. The molecule has 1 saturated heterocycles. The summed E-state index contributed by atoms with van der Waals surface area (Å²) >= 11 is 0. The molecule has 1 fully saturated rings. The number of nitrogens with zero attached hydrogens (tertiary/aromatic N) is 2. The molecule has 18 heteroatoms. The number of piperazine rings is 1. The van der Waals surface area contributed by atoms with Crippen LogP contribution >= 0.6 is 0 Å². The third-order valence-electron chi connectivity index (χ3n) is 3.95. The second-order valence-corrected chi connectivity index (χ2v) is 8.40. The first-order valence-corrected chi connectivity index (χ1v) is 10.8. The van der Waals surface area contributed by atoms with Gasteiger partial charge in [0.05, 0.1) is 11.5 Å². The van der Waals surface area contributed by atoms with Gasteiger partial charge in [0, 0.05) is 38.4 Å². The molecule has 0 unspecified atom stereocenters. The van der Waals surface area contributed by atoms with Crippen LogP contribution in [0.2, 0.25) is 0 Å². The number of rotatable bonds is 6. The Labute approximate surface area is 196 Å². The highest BCUT2D eigenvalue weighted by Gasteiger charge is 2.38. The number of carboxylic acid groups (broad SMARTS) is 2. The number of benzene rings is 1. The molecule has 0 aliphatic carbocycles. The van der Waals surface area contributed by atoms with Crippen LogP contribution in [0.25, 0.3) is 0 Å². The van der Waals surface area contributed by atoms with E-state index in [9.17, 15) is 34.8 Å². The SMILES string of the molecule is CN1CCN(CCONS(=O)(=O)c2ccc(N)cc2)CC1.O=C(O)C(F)(F)F.O=C(O)C(F)(F)F. The Kier molecular flexibility index (Phi) is 13.0. The smallest absolute Gasteiger partial charge is 0.475 e. The Hall–Kier alpha value is -2.67. The maximum absolute atomic E-state index is 11.9. The lowest BCUT2D eigenvalue weighted by Gasteiger charge is -2.32. The fourth-order valence-corrected chi connectivity index (χ4v) is 2.89. The predicted octanol–water partition coefficient (Wildman–Crippen LogP) is 0.993. The number of anilines is 1. The van der Waals surface area contributed by atoms with E-state index in [4.69, 9.17) is 30.4 Å². The number of alkyl halides is 6. The van der Waals surface area contributed by atoms with Crippen LogP contribution in [0.3, 0.4) is 0 Å². The number of sulfonamides is 1. The highest BCUT2D eigenvalue weighted by Crippen LogP contribution is 2.14. The zero-order valence-corrected chi connectivity index (χ0v) is 19.0. The molecule has 0 aromatic heterocycles. The minimum absolute atomic E-state index is 0.135. The van der Waals surface area contributed by atoms with Gasteiger partial charge in [-0.15, -0.1) is 0 Å². The molecule has 35 heavy (non-hydrogen) atoms. The number of carbonyl (C=O) groups is 2. The van der Waals surface area contributed by atoms with Crippen LogP contribution in [-0.4, -0.2) is 99.1 Å². The van der Waals surface area contributed by atoms with Crippen molar-refractivity contribution < 1.29 is 59.4 Å². The van der Waals surface area contributed by atoms with Crippen molar-refractivity contribution in [1.29, 1.82) is 0 Å². The number of hydrogen-bond donors (Lipinski definition) is 4. The summed E-state index contributed by atoms with van der Waals surface area (Å²) in [5.41, 5.74) is 6.05. The zero-order valence-electron chi connectivity index (χ0n) is 18.1. The molecule has 0 radical (unpaired) electrons. The van der Waals surface area contributed by atoms with E-state index in [1.807, 2.05) is 0 Å². The summed E-state index contributed by atoms with van der Waals surface area (Å²) in [4.78, 5) is 29.7. The summed E-state index contributed by atoms with van der Waals surface area (Å²) in [5.74, 6) is -5.51. The second-order valence-electron chi connectivity index (χ2n) is 6.76. The molecule has 0 spiro atoms. The van der Waals surface area contributed by atoms with Crippen LogP contribution in [-0.2, 0) is 24.4 Å². The van der Waals surface area contributed by atoms with Gasteiger partial charge in [-0.05, 0) is 31.3 Å². The standard InChI is InChI=1S/C13H22N4O3S.2C2HF3O2/c1-16-6-8-17(9-7-16)10-11-20-15-21(18,19)13-4-2-12(14)3-5-13;2*3-2(4,5)1(6)7/h2-5,15H,6-11,14H2,1H3;2*(H,6,7). The molecule has 11 nitrogen and oxygen atoms in total. The largest absolute Gasteiger partial charge is 0.490 e. The summed E-state index contributed by atoms with van der Waals surface area (Å²) in [5, 5.41) is 14.2. The number of halogens is 6. The Bertz CT molecular complexity index is 879. The molecule has 0 amide bonds. The lowest BCUT2D eigenvalue weighted by atomic mass is 10.3. The van der Waals surface area contributed by atoms with Crippen molar-refractivity contribution in [2.75, 3.05) is 52.1 Å². The van der Waals surface area contributed by atoms with Crippen LogP contribution in [0.1, 0.15) is 0 Å². The Morgan fingerprint density at radius 2 is 1.37 bits per heavy atom. The van der Waals surface area contributed by atoms with Crippen LogP contribution in [0.15, 0.2) is 29.2 Å². The minimum Gasteiger partial charge on any atom is -0.475 e. The monoisotopic (exact) mass is 542 g/mol. The Morgan fingerprint density at radius 1 is 0.971 bits per heavy atom. The third kappa shape index (κ3) is 14.4. The first kappa shape index (κ1) is 32.3. The average Bonchev–Trinajstić information content (AvgIpc) is 2.72. The van der Waals surface area contributed by atoms with Crippen LogP contribution in [0, 0.1) is 0 Å². The third-order valence-corrected chi connectivity index (χ3v) is 5.18. The van der Waals surface area contributed by atoms with Gasteiger partial charge >= 0.3 is 24.3 Å². The van der Waals surface area contributed by atoms with E-state index in [0.29, 0.717) is 18.8 Å². The molecule has 1 aromatic carbocycles. The molecule has 1 aromatic rings. The molecule has 5 N–H and O–H groups in total. The fourth-order valence-electron chi connectivity index (χ4n) is 2.06. The van der Waals surface area contributed by atoms with E-state index < -0.39 is 34.3 Å². The molecule has 1 aliphatic heterocycles. The summed E-state index contributed by atoms with van der Waals surface area (Å²) in [6, 6.07) is 5.97. The molecule has 1 heterocycles. The lowest BCUT2D eigenvalue weighted by molar-refractivity contribution is -0.193. The van der Waals surface area contributed by atoms with Crippen LogP contribution in [0.4, 0.5) is 32.0 Å². The van der Waals surface area contributed by atoms with Gasteiger partial charge in [-0.25, -0.2) is 18.0 Å². The van der Waals surface area contributed by atoms with E-state index in [1.54, 1.807) is 12.1 Å². The van der Waals surface area contributed by atoms with Crippen molar-refractivity contribution in [3.8, 4) is 0 Å². The van der Waals surface area contributed by atoms with Gasteiger partial charge in [-0.2, -0.15) is 26.3 Å². The summed E-state index contributed by atoms with van der Waals surface area (Å²) in [6.07, 6.45) is -10.2. The van der Waals surface area contributed by atoms with Crippen molar-refractivity contribution in [3.63, 3.8) is 0 Å². The predicted molar refractivity (Wildman–Crippen MR) is 108 cm³/mol. The first-order chi connectivity index (χ1) is 15.9. The van der Waals surface area contributed by atoms with E-state index in [1.165, 1.54) is 12.1 Å². The van der Waals surface area contributed by atoms with Gasteiger partial charge in [-0.3, -0.25) is 9.74 Å². The molecule has 2 rings (SSSR count). The van der Waals surface area contributed by atoms with Gasteiger partial charge < -0.3 is 20.8 Å². The zero-order chi connectivity index (χ0) is 27.4. The van der Waals surface area contributed by atoms with Gasteiger partial charge in [-0.1, -0.05) is 4.89 Å². The number of hydrogen-bond acceptors (Lipinski definition) is 8. The van der Waals surface area contributed by atoms with Crippen molar-refractivity contribution in [3.05, 3.63) is 24.3 Å². The average molecular weight is 542 g/mol. The number of carboxylic acids is 2. The quantitative estimate of drug-likeness (QED) is 0.177. The molecule has 0 bridgehead atoms.